The van der Waals surface area contributed by atoms with E-state index >= 15 is 0 Å². The number of aliphatic carboxylic acids is 1. The average Bonchev–Trinajstić information content (AvgIpc) is 2.86. The molecule has 1 aliphatic heterocycles. The molecule has 1 aliphatic rings. The molecular weight excluding hydrogens is 420 g/mol. The van der Waals surface area contributed by atoms with Gasteiger partial charge in [-0.05, 0) is 25.0 Å². The number of aromatic nitrogens is 1. The number of carbonyl (C=O) groups excluding carboxylic acids is 2. The van der Waals surface area contributed by atoms with Crippen molar-refractivity contribution < 1.29 is 19.5 Å². The molecule has 1 aromatic heterocycles. The summed E-state index contributed by atoms with van der Waals surface area (Å²) >= 11 is 0. The normalized spacial score (nSPS) is 15.1. The number of hydrogen-bond acceptors (Lipinski definition) is 5. The number of carbonyl (C=O) groups is 3. The molecule has 0 aliphatic carbocycles. The Morgan fingerprint density at radius 3 is 2.42 bits per heavy atom. The van der Waals surface area contributed by atoms with Gasteiger partial charge in [-0.25, -0.2) is 4.79 Å². The topological polar surface area (TPSA) is 112 Å². The number of carboxylic acid groups (broad SMARTS) is 1. The molecule has 0 radical (unpaired) electrons. The number of benzene rings is 2. The minimum absolute atomic E-state index is 0.185. The Labute approximate surface area is 191 Å². The van der Waals surface area contributed by atoms with Crippen LogP contribution in [0.25, 0.3) is 10.8 Å². The van der Waals surface area contributed by atoms with E-state index in [9.17, 15) is 19.5 Å². The Bertz CT molecular complexity index is 1140. The lowest BCUT2D eigenvalue weighted by Gasteiger charge is -2.33. The number of anilines is 1. The second kappa shape index (κ2) is 10.1. The average molecular weight is 447 g/mol. The Kier molecular flexibility index (Phi) is 6.83. The van der Waals surface area contributed by atoms with Gasteiger partial charge in [0.1, 0.15) is 6.04 Å². The van der Waals surface area contributed by atoms with Crippen molar-refractivity contribution in [3.05, 3.63) is 72.6 Å². The van der Waals surface area contributed by atoms with Crippen LogP contribution in [0.1, 0.15) is 23.2 Å². The Morgan fingerprint density at radius 2 is 1.70 bits per heavy atom. The zero-order valence-corrected chi connectivity index (χ0v) is 18.1. The minimum atomic E-state index is -1.19. The maximum atomic E-state index is 12.8. The van der Waals surface area contributed by atoms with Crippen LogP contribution in [0.4, 0.5) is 5.69 Å². The van der Waals surface area contributed by atoms with Gasteiger partial charge in [0.05, 0.1) is 11.9 Å². The number of carboxylic acids is 1. The summed E-state index contributed by atoms with van der Waals surface area (Å²) in [6.07, 6.45) is 4.90. The van der Waals surface area contributed by atoms with Gasteiger partial charge in [0.25, 0.3) is 5.91 Å². The van der Waals surface area contributed by atoms with Crippen LogP contribution in [-0.2, 0) is 9.59 Å². The predicted octanol–water partition coefficient (Wildman–Crippen LogP) is 2.45. The molecule has 2 amide bonds. The van der Waals surface area contributed by atoms with E-state index in [1.54, 1.807) is 30.3 Å². The van der Waals surface area contributed by atoms with Gasteiger partial charge in [-0.1, -0.05) is 42.5 Å². The maximum absolute atomic E-state index is 12.8. The number of nitrogens with one attached hydrogen (secondary N) is 2. The molecule has 1 fully saturated rings. The molecule has 2 aromatic carbocycles. The van der Waals surface area contributed by atoms with Crippen molar-refractivity contribution in [1.29, 1.82) is 0 Å². The summed E-state index contributed by atoms with van der Waals surface area (Å²) in [6, 6.07) is 15.4. The van der Waals surface area contributed by atoms with Crippen molar-refractivity contribution in [3.8, 4) is 0 Å². The van der Waals surface area contributed by atoms with Crippen LogP contribution < -0.4 is 15.5 Å². The third-order valence-corrected chi connectivity index (χ3v) is 5.97. The molecule has 0 saturated carbocycles. The fourth-order valence-electron chi connectivity index (χ4n) is 4.11. The SMILES string of the molecule is O=C(NCC(NC(=O)C1CCN(c2cncc3ccccc23)CC1)C(=O)O)c1ccccc1. The Hall–Kier alpha value is -3.94. The number of fused-ring (bicyclic) bond motifs is 1. The molecule has 1 unspecified atom stereocenters. The van der Waals surface area contributed by atoms with Crippen LogP contribution in [0.5, 0.6) is 0 Å². The number of rotatable bonds is 7. The van der Waals surface area contributed by atoms with Gasteiger partial charge in [0, 0.05) is 48.1 Å². The highest BCUT2D eigenvalue weighted by molar-refractivity contribution is 5.95. The monoisotopic (exact) mass is 446 g/mol. The molecule has 8 nitrogen and oxygen atoms in total. The standard InChI is InChI=1S/C25H26N4O4/c30-23(17-6-2-1-3-7-17)27-15-21(25(32)33)28-24(31)18-10-12-29(13-11-18)22-16-26-14-19-8-4-5-9-20(19)22/h1-9,14,16,18,21H,10-13,15H2,(H,27,30)(H,28,31)(H,32,33). The first-order chi connectivity index (χ1) is 16.0. The number of pyridine rings is 1. The van der Waals surface area contributed by atoms with E-state index in [4.69, 9.17) is 0 Å². The lowest BCUT2D eigenvalue weighted by atomic mass is 9.95. The zero-order valence-electron chi connectivity index (χ0n) is 18.1. The van der Waals surface area contributed by atoms with Crippen molar-refractivity contribution in [3.63, 3.8) is 0 Å². The molecule has 2 heterocycles. The highest BCUT2D eigenvalue weighted by Crippen LogP contribution is 2.29. The van der Waals surface area contributed by atoms with E-state index in [1.807, 2.05) is 30.6 Å². The summed E-state index contributed by atoms with van der Waals surface area (Å²) in [5.41, 5.74) is 1.47. The first-order valence-corrected chi connectivity index (χ1v) is 11.0. The van der Waals surface area contributed by atoms with E-state index in [2.05, 4.69) is 26.6 Å². The van der Waals surface area contributed by atoms with E-state index in [1.165, 1.54) is 0 Å². The summed E-state index contributed by atoms with van der Waals surface area (Å²) in [7, 11) is 0. The largest absolute Gasteiger partial charge is 0.480 e. The second-order valence-corrected chi connectivity index (χ2v) is 8.12. The Balaban J connectivity index is 1.32. The van der Waals surface area contributed by atoms with Gasteiger partial charge in [0.2, 0.25) is 5.91 Å². The summed E-state index contributed by atoms with van der Waals surface area (Å²) in [5.74, 6) is -2.15. The number of nitrogens with zero attached hydrogens (tertiary/aromatic N) is 2. The van der Waals surface area contributed by atoms with Gasteiger partial charge >= 0.3 is 5.97 Å². The maximum Gasteiger partial charge on any atom is 0.328 e. The molecule has 3 N–H and O–H groups in total. The van der Waals surface area contributed by atoms with Crippen LogP contribution in [0.15, 0.2) is 67.0 Å². The van der Waals surface area contributed by atoms with Crippen molar-refractivity contribution >= 4 is 34.2 Å². The number of piperidine rings is 1. The van der Waals surface area contributed by atoms with Crippen LogP contribution in [0, 0.1) is 5.92 Å². The van der Waals surface area contributed by atoms with Crippen molar-refractivity contribution in [2.45, 2.75) is 18.9 Å². The van der Waals surface area contributed by atoms with E-state index in [-0.39, 0.29) is 24.3 Å². The van der Waals surface area contributed by atoms with Crippen LogP contribution in [0.2, 0.25) is 0 Å². The van der Waals surface area contributed by atoms with Crippen molar-refractivity contribution in [2.75, 3.05) is 24.5 Å². The highest BCUT2D eigenvalue weighted by Gasteiger charge is 2.29. The first kappa shape index (κ1) is 22.3. The third-order valence-electron chi connectivity index (χ3n) is 5.97. The summed E-state index contributed by atoms with van der Waals surface area (Å²) in [5, 5.41) is 16.9. The predicted molar refractivity (Wildman–Crippen MR) is 125 cm³/mol. The lowest BCUT2D eigenvalue weighted by molar-refractivity contribution is -0.142. The first-order valence-electron chi connectivity index (χ1n) is 11.0. The van der Waals surface area contributed by atoms with E-state index in [0.717, 1.165) is 16.5 Å². The fraction of sp³-hybridized carbons (Fsp3) is 0.280. The van der Waals surface area contributed by atoms with Crippen LogP contribution >= 0.6 is 0 Å². The van der Waals surface area contributed by atoms with Gasteiger partial charge in [0.15, 0.2) is 0 Å². The molecular formula is C25H26N4O4. The van der Waals surface area contributed by atoms with Gasteiger partial charge in [-0.15, -0.1) is 0 Å². The zero-order chi connectivity index (χ0) is 23.2. The quantitative estimate of drug-likeness (QED) is 0.514. The van der Waals surface area contributed by atoms with Gasteiger partial charge in [-0.2, -0.15) is 0 Å². The third kappa shape index (κ3) is 5.28. The fourth-order valence-corrected chi connectivity index (χ4v) is 4.11. The van der Waals surface area contributed by atoms with Crippen molar-refractivity contribution in [1.82, 2.24) is 15.6 Å². The van der Waals surface area contributed by atoms with Gasteiger partial charge < -0.3 is 20.6 Å². The highest BCUT2D eigenvalue weighted by atomic mass is 16.4. The minimum Gasteiger partial charge on any atom is -0.480 e. The molecule has 1 atom stereocenters. The molecule has 170 valence electrons. The summed E-state index contributed by atoms with van der Waals surface area (Å²) in [4.78, 5) is 43.2. The number of amides is 2. The van der Waals surface area contributed by atoms with E-state index in [0.29, 0.717) is 31.5 Å². The van der Waals surface area contributed by atoms with Crippen LogP contribution in [-0.4, -0.2) is 53.6 Å². The van der Waals surface area contributed by atoms with E-state index < -0.39 is 12.0 Å². The number of hydrogen-bond donors (Lipinski definition) is 3. The molecule has 0 bridgehead atoms. The summed E-state index contributed by atoms with van der Waals surface area (Å²) < 4.78 is 0. The smallest absolute Gasteiger partial charge is 0.328 e. The van der Waals surface area contributed by atoms with Crippen LogP contribution in [0.3, 0.4) is 0 Å². The second-order valence-electron chi connectivity index (χ2n) is 8.12. The molecule has 4 rings (SSSR count). The molecule has 8 heteroatoms. The van der Waals surface area contributed by atoms with Crippen molar-refractivity contribution in [2.24, 2.45) is 5.92 Å². The van der Waals surface area contributed by atoms with Gasteiger partial charge in [-0.3, -0.25) is 14.6 Å². The summed E-state index contributed by atoms with van der Waals surface area (Å²) in [6.45, 7) is 1.17. The lowest BCUT2D eigenvalue weighted by Crippen LogP contribution is -2.51. The Morgan fingerprint density at radius 1 is 1.00 bits per heavy atom. The molecule has 1 saturated heterocycles. The molecule has 33 heavy (non-hydrogen) atoms. The molecule has 3 aromatic rings. The molecule has 0 spiro atoms.